The number of nitro benzene ring substituents is 1. The largest absolute Gasteiger partial charge is 0.467 e. The van der Waals surface area contributed by atoms with E-state index in [-0.39, 0.29) is 23.5 Å². The minimum absolute atomic E-state index is 0.121. The number of rotatable bonds is 7. The number of nitrogens with one attached hydrogen (secondary N) is 1. The Hall–Kier alpha value is -3.44. The van der Waals surface area contributed by atoms with Gasteiger partial charge in [0.15, 0.2) is 5.16 Å². The molecule has 5 rings (SSSR count). The van der Waals surface area contributed by atoms with Crippen LogP contribution < -0.4 is 10.9 Å². The first-order valence-corrected chi connectivity index (χ1v) is 12.4. The second-order valence-electron chi connectivity index (χ2n) is 7.93. The number of amides is 1. The van der Waals surface area contributed by atoms with E-state index >= 15 is 0 Å². The number of furan rings is 1. The van der Waals surface area contributed by atoms with Gasteiger partial charge in [0.25, 0.3) is 11.2 Å². The zero-order chi connectivity index (χ0) is 23.8. The van der Waals surface area contributed by atoms with Crippen molar-refractivity contribution in [2.45, 2.75) is 43.1 Å². The summed E-state index contributed by atoms with van der Waals surface area (Å²) in [6, 6.07) is 9.51. The predicted molar refractivity (Wildman–Crippen MR) is 131 cm³/mol. The molecule has 1 N–H and O–H groups in total. The molecule has 0 spiro atoms. The van der Waals surface area contributed by atoms with Crippen molar-refractivity contribution in [3.8, 4) is 0 Å². The Morgan fingerprint density at radius 2 is 2.15 bits per heavy atom. The van der Waals surface area contributed by atoms with Crippen molar-refractivity contribution < 1.29 is 14.1 Å². The van der Waals surface area contributed by atoms with Gasteiger partial charge in [-0.05, 0) is 49.9 Å². The highest BCUT2D eigenvalue weighted by molar-refractivity contribution is 8.00. The van der Waals surface area contributed by atoms with E-state index in [1.807, 2.05) is 0 Å². The average Bonchev–Trinajstić information content (AvgIpc) is 3.54. The van der Waals surface area contributed by atoms with Gasteiger partial charge in [0.2, 0.25) is 5.91 Å². The van der Waals surface area contributed by atoms with Crippen LogP contribution >= 0.6 is 23.1 Å². The molecular formula is C23H20N4O5S2. The lowest BCUT2D eigenvalue weighted by Crippen LogP contribution is -2.27. The molecule has 1 aliphatic carbocycles. The van der Waals surface area contributed by atoms with Gasteiger partial charge >= 0.3 is 0 Å². The lowest BCUT2D eigenvalue weighted by atomic mass is 10.2. The van der Waals surface area contributed by atoms with E-state index in [9.17, 15) is 19.7 Å². The van der Waals surface area contributed by atoms with Crippen LogP contribution in [0.4, 0.5) is 11.4 Å². The van der Waals surface area contributed by atoms with Crippen LogP contribution in [-0.4, -0.2) is 25.6 Å². The molecule has 0 fully saturated rings. The summed E-state index contributed by atoms with van der Waals surface area (Å²) in [4.78, 5) is 43.8. The van der Waals surface area contributed by atoms with E-state index in [1.165, 1.54) is 34.4 Å². The Balaban J connectivity index is 1.48. The number of anilines is 1. The molecule has 0 saturated heterocycles. The SMILES string of the molecule is C[C@@H](Sc1nc2sc3c(c2c(=O)n1Cc1ccco1)CCC3)C(=O)Nc1ccccc1[N+](=O)[O-]. The number of thioether (sulfide) groups is 1. The van der Waals surface area contributed by atoms with E-state index in [1.54, 1.807) is 36.0 Å². The minimum Gasteiger partial charge on any atom is -0.467 e. The van der Waals surface area contributed by atoms with Gasteiger partial charge in [-0.15, -0.1) is 11.3 Å². The number of carbonyl (C=O) groups excluding carboxylic acids is 1. The minimum atomic E-state index is -0.668. The number of hydrogen-bond acceptors (Lipinski definition) is 8. The van der Waals surface area contributed by atoms with Crippen molar-refractivity contribution in [3.05, 3.63) is 79.3 Å². The number of aromatic nitrogens is 2. The number of thiophene rings is 1. The molecule has 11 heteroatoms. The Morgan fingerprint density at radius 3 is 2.91 bits per heavy atom. The number of carbonyl (C=O) groups is 1. The highest BCUT2D eigenvalue weighted by Gasteiger charge is 2.26. The fraction of sp³-hybridized carbons (Fsp3) is 0.261. The van der Waals surface area contributed by atoms with Gasteiger partial charge < -0.3 is 9.73 Å². The molecule has 1 amide bonds. The molecule has 4 aromatic rings. The smallest absolute Gasteiger partial charge is 0.292 e. The Bertz CT molecular complexity index is 1460. The van der Waals surface area contributed by atoms with Crippen LogP contribution in [0, 0.1) is 10.1 Å². The summed E-state index contributed by atoms with van der Waals surface area (Å²) in [5.41, 5.74) is 0.880. The van der Waals surface area contributed by atoms with Crippen LogP contribution in [0.2, 0.25) is 0 Å². The van der Waals surface area contributed by atoms with E-state index in [0.29, 0.717) is 21.1 Å². The highest BCUT2D eigenvalue weighted by Crippen LogP contribution is 2.36. The molecule has 0 radical (unpaired) electrons. The Morgan fingerprint density at radius 1 is 1.32 bits per heavy atom. The summed E-state index contributed by atoms with van der Waals surface area (Å²) in [5.74, 6) is 0.181. The topological polar surface area (TPSA) is 120 Å². The first-order chi connectivity index (χ1) is 16.4. The van der Waals surface area contributed by atoms with Crippen LogP contribution in [0.3, 0.4) is 0 Å². The van der Waals surface area contributed by atoms with Crippen molar-refractivity contribution in [1.29, 1.82) is 0 Å². The molecule has 1 aliphatic rings. The van der Waals surface area contributed by atoms with Crippen molar-refractivity contribution in [3.63, 3.8) is 0 Å². The zero-order valence-electron chi connectivity index (χ0n) is 18.1. The molecular weight excluding hydrogens is 476 g/mol. The fourth-order valence-electron chi connectivity index (χ4n) is 4.03. The normalized spacial score (nSPS) is 13.7. The maximum Gasteiger partial charge on any atom is 0.292 e. The van der Waals surface area contributed by atoms with Gasteiger partial charge in [0.1, 0.15) is 16.3 Å². The van der Waals surface area contributed by atoms with Crippen molar-refractivity contribution in [1.82, 2.24) is 9.55 Å². The van der Waals surface area contributed by atoms with Gasteiger partial charge in [-0.2, -0.15) is 0 Å². The Labute approximate surface area is 202 Å². The standard InChI is InChI=1S/C23H20N4O5S2/c1-13(20(28)24-16-8-2-3-9-17(16)27(30)31)33-23-25-21-19(15-7-4-10-18(15)34-21)22(29)26(23)12-14-6-5-11-32-14/h2-3,5-6,8-9,11,13H,4,7,10,12H2,1H3,(H,24,28)/t13-/m1/s1. The molecule has 1 atom stereocenters. The van der Waals surface area contributed by atoms with Gasteiger partial charge in [-0.1, -0.05) is 23.9 Å². The zero-order valence-corrected chi connectivity index (χ0v) is 19.8. The van der Waals surface area contributed by atoms with Gasteiger partial charge in [-0.3, -0.25) is 24.3 Å². The molecule has 1 aromatic carbocycles. The van der Waals surface area contributed by atoms with Gasteiger partial charge in [-0.25, -0.2) is 4.98 Å². The van der Waals surface area contributed by atoms with Crippen molar-refractivity contribution >= 4 is 50.6 Å². The molecule has 0 aliphatic heterocycles. The number of hydrogen-bond donors (Lipinski definition) is 1. The number of nitro groups is 1. The lowest BCUT2D eigenvalue weighted by molar-refractivity contribution is -0.383. The third-order valence-electron chi connectivity index (χ3n) is 5.69. The van der Waals surface area contributed by atoms with E-state index in [2.05, 4.69) is 5.32 Å². The molecule has 174 valence electrons. The maximum absolute atomic E-state index is 13.6. The molecule has 34 heavy (non-hydrogen) atoms. The second kappa shape index (κ2) is 9.07. The first-order valence-electron chi connectivity index (χ1n) is 10.7. The van der Waals surface area contributed by atoms with Crippen molar-refractivity contribution in [2.24, 2.45) is 0 Å². The van der Waals surface area contributed by atoms with E-state index in [4.69, 9.17) is 9.40 Å². The molecule has 0 unspecified atom stereocenters. The summed E-state index contributed by atoms with van der Waals surface area (Å²) in [5, 5.41) is 14.3. The summed E-state index contributed by atoms with van der Waals surface area (Å²) >= 11 is 2.68. The van der Waals surface area contributed by atoms with Gasteiger partial charge in [0, 0.05) is 10.9 Å². The number of fused-ring (bicyclic) bond motifs is 3. The van der Waals surface area contributed by atoms with Crippen LogP contribution in [0.25, 0.3) is 10.2 Å². The summed E-state index contributed by atoms with van der Waals surface area (Å²) in [7, 11) is 0. The quantitative estimate of drug-likeness (QED) is 0.172. The first kappa shape index (κ1) is 22.4. The highest BCUT2D eigenvalue weighted by atomic mass is 32.2. The third kappa shape index (κ3) is 4.12. The third-order valence-corrected chi connectivity index (χ3v) is 7.97. The van der Waals surface area contributed by atoms with E-state index in [0.717, 1.165) is 36.6 Å². The monoisotopic (exact) mass is 496 g/mol. The molecule has 0 bridgehead atoms. The van der Waals surface area contributed by atoms with Crippen LogP contribution in [0.15, 0.2) is 57.0 Å². The van der Waals surface area contributed by atoms with Gasteiger partial charge in [0.05, 0.1) is 28.4 Å². The molecule has 9 nitrogen and oxygen atoms in total. The van der Waals surface area contributed by atoms with Crippen LogP contribution in [-0.2, 0) is 24.2 Å². The fourth-order valence-corrected chi connectivity index (χ4v) is 6.24. The summed E-state index contributed by atoms with van der Waals surface area (Å²) < 4.78 is 7.01. The molecule has 3 heterocycles. The molecule has 0 saturated carbocycles. The van der Waals surface area contributed by atoms with Crippen LogP contribution in [0.1, 0.15) is 29.5 Å². The average molecular weight is 497 g/mol. The lowest BCUT2D eigenvalue weighted by Gasteiger charge is -2.15. The van der Waals surface area contributed by atoms with E-state index < -0.39 is 16.1 Å². The second-order valence-corrected chi connectivity index (χ2v) is 10.3. The number of aryl methyl sites for hydroxylation is 2. The number of para-hydroxylation sites is 2. The molecule has 3 aromatic heterocycles. The predicted octanol–water partition coefficient (Wildman–Crippen LogP) is 4.62. The Kier molecular flexibility index (Phi) is 5.96. The number of nitrogens with zero attached hydrogens (tertiary/aromatic N) is 3. The number of benzene rings is 1. The van der Waals surface area contributed by atoms with Crippen molar-refractivity contribution in [2.75, 3.05) is 5.32 Å². The summed E-state index contributed by atoms with van der Waals surface area (Å²) in [6.07, 6.45) is 4.40. The van der Waals surface area contributed by atoms with Crippen LogP contribution in [0.5, 0.6) is 0 Å². The maximum atomic E-state index is 13.6. The summed E-state index contributed by atoms with van der Waals surface area (Å²) in [6.45, 7) is 1.87.